The Morgan fingerprint density at radius 2 is 1.84 bits per heavy atom. The number of carboxylic acid groups (broad SMARTS) is 1. The van der Waals surface area contributed by atoms with Gasteiger partial charge in [-0.05, 0) is 25.0 Å². The molecule has 0 aliphatic carbocycles. The van der Waals surface area contributed by atoms with Crippen LogP contribution in [0.3, 0.4) is 0 Å². The van der Waals surface area contributed by atoms with E-state index in [-0.39, 0.29) is 28.5 Å². The molecule has 2 heterocycles. The van der Waals surface area contributed by atoms with Crippen molar-refractivity contribution in [3.63, 3.8) is 0 Å². The fourth-order valence-corrected chi connectivity index (χ4v) is 5.73. The molecular weight excluding hydrogens is 454 g/mol. The highest BCUT2D eigenvalue weighted by molar-refractivity contribution is 7.91. The molecule has 1 saturated heterocycles. The fraction of sp³-hybridized carbons (Fsp3) is 0.476. The third-order valence-electron chi connectivity index (χ3n) is 5.03. The summed E-state index contributed by atoms with van der Waals surface area (Å²) < 4.78 is 31.0. The number of anilines is 2. The highest BCUT2D eigenvalue weighted by atomic mass is 32.2. The Hall–Kier alpha value is -2.50. The highest BCUT2D eigenvalue weighted by Crippen LogP contribution is 2.26. The molecule has 0 atom stereocenters. The van der Waals surface area contributed by atoms with Crippen LogP contribution < -0.4 is 10.2 Å². The summed E-state index contributed by atoms with van der Waals surface area (Å²) >= 11 is 1.37. The van der Waals surface area contributed by atoms with Crippen molar-refractivity contribution in [1.29, 1.82) is 0 Å². The molecule has 1 fully saturated rings. The van der Waals surface area contributed by atoms with Crippen molar-refractivity contribution in [2.75, 3.05) is 42.3 Å². The van der Waals surface area contributed by atoms with E-state index in [1.165, 1.54) is 17.4 Å². The Morgan fingerprint density at radius 1 is 1.12 bits per heavy atom. The Morgan fingerprint density at radius 3 is 2.59 bits per heavy atom. The van der Waals surface area contributed by atoms with E-state index in [1.807, 2.05) is 0 Å². The van der Waals surface area contributed by atoms with Crippen LogP contribution in [0.1, 0.15) is 42.6 Å². The monoisotopic (exact) mass is 481 g/mol. The molecule has 1 aromatic heterocycles. The van der Waals surface area contributed by atoms with Gasteiger partial charge in [0, 0.05) is 24.9 Å². The normalized spacial score (nSPS) is 14.3. The number of ether oxygens (including phenoxy) is 1. The number of rotatable bonds is 11. The van der Waals surface area contributed by atoms with Crippen molar-refractivity contribution in [3.8, 4) is 0 Å². The summed E-state index contributed by atoms with van der Waals surface area (Å²) in [6.07, 6.45) is 2.34. The van der Waals surface area contributed by atoms with Crippen molar-refractivity contribution in [1.82, 2.24) is 4.98 Å². The first-order chi connectivity index (χ1) is 15.4. The number of hydrogen-bond donors (Lipinski definition) is 2. The number of carboxylic acids is 1. The zero-order chi connectivity index (χ0) is 23.0. The van der Waals surface area contributed by atoms with Crippen LogP contribution in [0.4, 0.5) is 10.8 Å². The third-order valence-corrected chi connectivity index (χ3v) is 7.78. The lowest BCUT2D eigenvalue weighted by Crippen LogP contribution is -2.36. The van der Waals surface area contributed by atoms with Crippen LogP contribution in [-0.2, 0) is 19.4 Å². The molecule has 1 amide bonds. The minimum Gasteiger partial charge on any atom is -0.481 e. The van der Waals surface area contributed by atoms with Crippen LogP contribution in [0.5, 0.6) is 0 Å². The van der Waals surface area contributed by atoms with Crippen molar-refractivity contribution in [2.24, 2.45) is 0 Å². The van der Waals surface area contributed by atoms with E-state index < -0.39 is 21.7 Å². The summed E-state index contributed by atoms with van der Waals surface area (Å²) in [7, 11) is -3.61. The zero-order valence-corrected chi connectivity index (χ0v) is 19.3. The van der Waals surface area contributed by atoms with Gasteiger partial charge in [0.2, 0.25) is 0 Å². The van der Waals surface area contributed by atoms with Gasteiger partial charge in [-0.25, -0.2) is 13.4 Å². The first kappa shape index (κ1) is 24.1. The lowest BCUT2D eigenvalue weighted by Gasteiger charge is -2.25. The van der Waals surface area contributed by atoms with Crippen LogP contribution in [0.25, 0.3) is 0 Å². The quantitative estimate of drug-likeness (QED) is 0.469. The SMILES string of the molecule is O=C(O)CCCCCCS(=O)(=O)c1ccccc1NC(=O)c1csc(N2CCOCC2)n1. The van der Waals surface area contributed by atoms with Crippen molar-refractivity contribution in [3.05, 3.63) is 35.3 Å². The second-order valence-corrected chi connectivity index (χ2v) is 10.4. The van der Waals surface area contributed by atoms with Gasteiger partial charge in [0.05, 0.1) is 29.5 Å². The summed E-state index contributed by atoms with van der Waals surface area (Å²) in [5.41, 5.74) is 0.464. The van der Waals surface area contributed by atoms with Gasteiger partial charge in [-0.2, -0.15) is 0 Å². The van der Waals surface area contributed by atoms with Gasteiger partial charge >= 0.3 is 5.97 Å². The number of aliphatic carboxylic acids is 1. The average Bonchev–Trinajstić information content (AvgIpc) is 3.27. The lowest BCUT2D eigenvalue weighted by atomic mass is 10.2. The van der Waals surface area contributed by atoms with Gasteiger partial charge in [-0.1, -0.05) is 25.0 Å². The lowest BCUT2D eigenvalue weighted by molar-refractivity contribution is -0.137. The number of aromatic nitrogens is 1. The van der Waals surface area contributed by atoms with E-state index in [9.17, 15) is 18.0 Å². The Kier molecular flexibility index (Phi) is 8.60. The molecule has 0 unspecified atom stereocenters. The number of thiazole rings is 1. The maximum atomic E-state index is 12.8. The molecule has 0 saturated carbocycles. The molecule has 11 heteroatoms. The molecule has 174 valence electrons. The van der Waals surface area contributed by atoms with Crippen LogP contribution in [-0.4, -0.2) is 62.4 Å². The Labute approximate surface area is 191 Å². The molecule has 9 nitrogen and oxygen atoms in total. The van der Waals surface area contributed by atoms with E-state index in [4.69, 9.17) is 9.84 Å². The molecule has 2 N–H and O–H groups in total. The van der Waals surface area contributed by atoms with Gasteiger partial charge in [0.1, 0.15) is 5.69 Å². The number of morpholine rings is 1. The molecule has 0 bridgehead atoms. The van der Waals surface area contributed by atoms with Gasteiger partial charge in [-0.3, -0.25) is 9.59 Å². The molecular formula is C21H27N3O6S2. The number of para-hydroxylation sites is 1. The minimum absolute atomic E-state index is 0.0646. The largest absolute Gasteiger partial charge is 0.481 e. The Balaban J connectivity index is 1.61. The van der Waals surface area contributed by atoms with Crippen LogP contribution >= 0.6 is 11.3 Å². The third kappa shape index (κ3) is 6.75. The van der Waals surface area contributed by atoms with Gasteiger partial charge in [0.15, 0.2) is 15.0 Å². The number of hydrogen-bond acceptors (Lipinski definition) is 8. The molecule has 32 heavy (non-hydrogen) atoms. The van der Waals surface area contributed by atoms with Crippen LogP contribution in [0.15, 0.2) is 34.5 Å². The van der Waals surface area contributed by atoms with E-state index in [1.54, 1.807) is 23.6 Å². The molecule has 1 aliphatic heterocycles. The number of amides is 1. The second kappa shape index (κ2) is 11.4. The molecule has 2 aromatic rings. The number of unbranched alkanes of at least 4 members (excludes halogenated alkanes) is 3. The topological polar surface area (TPSA) is 126 Å². The summed E-state index contributed by atoms with van der Waals surface area (Å²) in [6, 6.07) is 6.33. The molecule has 0 spiro atoms. The van der Waals surface area contributed by atoms with E-state index in [2.05, 4.69) is 15.2 Å². The van der Waals surface area contributed by atoms with E-state index >= 15 is 0 Å². The van der Waals surface area contributed by atoms with Crippen molar-refractivity contribution < 1.29 is 27.9 Å². The maximum Gasteiger partial charge on any atom is 0.303 e. The molecule has 3 rings (SSSR count). The van der Waals surface area contributed by atoms with Crippen LogP contribution in [0, 0.1) is 0 Å². The number of benzene rings is 1. The fourth-order valence-electron chi connectivity index (χ4n) is 3.33. The Bertz CT molecular complexity index is 1030. The number of carbonyl (C=O) groups excluding carboxylic acids is 1. The maximum absolute atomic E-state index is 12.8. The summed E-state index contributed by atoms with van der Waals surface area (Å²) in [4.78, 5) is 29.8. The summed E-state index contributed by atoms with van der Waals surface area (Å²) in [6.45, 7) is 2.66. The number of nitrogens with zero attached hydrogens (tertiary/aromatic N) is 2. The highest BCUT2D eigenvalue weighted by Gasteiger charge is 2.22. The van der Waals surface area contributed by atoms with Crippen molar-refractivity contribution in [2.45, 2.75) is 37.0 Å². The average molecular weight is 482 g/mol. The predicted octanol–water partition coefficient (Wildman–Crippen LogP) is 3.04. The summed E-state index contributed by atoms with van der Waals surface area (Å²) in [5, 5.41) is 13.7. The van der Waals surface area contributed by atoms with Gasteiger partial charge in [-0.15, -0.1) is 11.3 Å². The van der Waals surface area contributed by atoms with Gasteiger partial charge < -0.3 is 20.1 Å². The van der Waals surface area contributed by atoms with E-state index in [0.29, 0.717) is 52.0 Å². The molecule has 0 radical (unpaired) electrons. The van der Waals surface area contributed by atoms with Crippen molar-refractivity contribution >= 4 is 43.9 Å². The molecule has 1 aliphatic rings. The standard InChI is InChI=1S/C21H27N3O6S2/c25-19(26)9-3-1-2-6-14-32(28,29)18-8-5-4-7-16(18)22-20(27)17-15-31-21(23-17)24-10-12-30-13-11-24/h4-5,7-8,15H,1-3,6,9-14H2,(H,22,27)(H,25,26). The first-order valence-corrected chi connectivity index (χ1v) is 13.0. The first-order valence-electron chi connectivity index (χ1n) is 10.5. The number of carbonyl (C=O) groups is 2. The van der Waals surface area contributed by atoms with Gasteiger partial charge in [0.25, 0.3) is 5.91 Å². The second-order valence-electron chi connectivity index (χ2n) is 7.44. The van der Waals surface area contributed by atoms with Crippen LogP contribution in [0.2, 0.25) is 0 Å². The smallest absolute Gasteiger partial charge is 0.303 e. The number of nitrogens with one attached hydrogen (secondary N) is 1. The summed E-state index contributed by atoms with van der Waals surface area (Å²) in [5.74, 6) is -1.37. The number of sulfone groups is 1. The minimum atomic E-state index is -3.61. The van der Waals surface area contributed by atoms with E-state index in [0.717, 1.165) is 5.13 Å². The predicted molar refractivity (Wildman–Crippen MR) is 122 cm³/mol. The molecule has 1 aromatic carbocycles. The zero-order valence-electron chi connectivity index (χ0n) is 17.7.